The lowest BCUT2D eigenvalue weighted by molar-refractivity contribution is -0.274. The average Bonchev–Trinajstić information content (AvgIpc) is 2.45. The minimum absolute atomic E-state index is 0.270. The number of carbonyl (C=O) groups is 1. The van der Waals surface area contributed by atoms with Crippen molar-refractivity contribution >= 4 is 6.09 Å². The highest BCUT2D eigenvalue weighted by atomic mass is 19.4. The molecule has 1 fully saturated rings. The van der Waals surface area contributed by atoms with Crippen molar-refractivity contribution in [2.75, 3.05) is 13.1 Å². The lowest BCUT2D eigenvalue weighted by atomic mass is 9.84. The van der Waals surface area contributed by atoms with E-state index in [1.54, 1.807) is 20.8 Å². The number of amides is 1. The zero-order chi connectivity index (χ0) is 18.9. The molecule has 0 radical (unpaired) electrons. The monoisotopic (exact) mass is 361 g/mol. The van der Waals surface area contributed by atoms with Crippen molar-refractivity contribution in [3.63, 3.8) is 0 Å². The molecule has 0 saturated carbocycles. The van der Waals surface area contributed by atoms with Crippen LogP contribution in [-0.4, -0.2) is 41.2 Å². The summed E-state index contributed by atoms with van der Waals surface area (Å²) in [5, 5.41) is 10.8. The van der Waals surface area contributed by atoms with E-state index in [1.807, 2.05) is 0 Å². The van der Waals surface area contributed by atoms with Crippen LogP contribution in [0.2, 0.25) is 0 Å². The smallest absolute Gasteiger partial charge is 0.444 e. The van der Waals surface area contributed by atoms with Crippen molar-refractivity contribution < 1.29 is 32.5 Å². The summed E-state index contributed by atoms with van der Waals surface area (Å²) in [6, 6.07) is 5.15. The molecule has 0 bridgehead atoms. The van der Waals surface area contributed by atoms with Gasteiger partial charge in [-0.25, -0.2) is 4.79 Å². The summed E-state index contributed by atoms with van der Waals surface area (Å²) in [5.74, 6) is -0.342. The molecular formula is C17H22F3NO4. The van der Waals surface area contributed by atoms with E-state index in [1.165, 1.54) is 29.2 Å². The molecule has 1 aliphatic heterocycles. The van der Waals surface area contributed by atoms with Gasteiger partial charge in [0.2, 0.25) is 0 Å². The van der Waals surface area contributed by atoms with Gasteiger partial charge < -0.3 is 19.5 Å². The highest BCUT2D eigenvalue weighted by molar-refractivity contribution is 5.68. The van der Waals surface area contributed by atoms with Gasteiger partial charge in [-0.15, -0.1) is 13.2 Å². The fraction of sp³-hybridized carbons (Fsp3) is 0.588. The second kappa shape index (κ2) is 6.74. The quantitative estimate of drug-likeness (QED) is 0.870. The first kappa shape index (κ1) is 19.4. The molecule has 1 aliphatic rings. The number of rotatable bonds is 2. The Hall–Kier alpha value is -1.96. The Morgan fingerprint density at radius 3 is 2.08 bits per heavy atom. The number of ether oxygens (including phenoxy) is 2. The van der Waals surface area contributed by atoms with Crippen molar-refractivity contribution in [2.24, 2.45) is 0 Å². The molecule has 5 nitrogen and oxygen atoms in total. The molecule has 0 aromatic heterocycles. The molecule has 25 heavy (non-hydrogen) atoms. The molecule has 140 valence electrons. The van der Waals surface area contributed by atoms with Crippen molar-refractivity contribution in [1.29, 1.82) is 0 Å². The predicted molar refractivity (Wildman–Crippen MR) is 84.1 cm³/mol. The van der Waals surface area contributed by atoms with Crippen LogP contribution >= 0.6 is 0 Å². The number of hydrogen-bond acceptors (Lipinski definition) is 4. The highest BCUT2D eigenvalue weighted by Crippen LogP contribution is 2.34. The molecule has 1 aromatic carbocycles. The lowest BCUT2D eigenvalue weighted by Crippen LogP contribution is -2.46. The lowest BCUT2D eigenvalue weighted by Gasteiger charge is -2.39. The number of likely N-dealkylation sites (tertiary alicyclic amines) is 1. The van der Waals surface area contributed by atoms with Gasteiger partial charge in [0.05, 0.1) is 5.60 Å². The molecule has 1 saturated heterocycles. The maximum absolute atomic E-state index is 12.2. The number of alkyl halides is 3. The van der Waals surface area contributed by atoms with E-state index >= 15 is 0 Å². The number of nitrogens with zero attached hydrogens (tertiary/aromatic N) is 1. The third kappa shape index (κ3) is 5.52. The number of halogens is 3. The van der Waals surface area contributed by atoms with Gasteiger partial charge in [0, 0.05) is 13.1 Å². The Bertz CT molecular complexity index is 600. The number of aliphatic hydroxyl groups is 1. The highest BCUT2D eigenvalue weighted by Gasteiger charge is 2.37. The fourth-order valence-electron chi connectivity index (χ4n) is 2.64. The second-order valence-electron chi connectivity index (χ2n) is 7.07. The second-order valence-corrected chi connectivity index (χ2v) is 7.07. The van der Waals surface area contributed by atoms with Gasteiger partial charge in [0.25, 0.3) is 0 Å². The molecule has 1 aromatic rings. The average molecular weight is 361 g/mol. The number of carbonyl (C=O) groups excluding carboxylic acids is 1. The normalized spacial score (nSPS) is 18.0. The molecular weight excluding hydrogens is 339 g/mol. The van der Waals surface area contributed by atoms with Crippen LogP contribution in [0.3, 0.4) is 0 Å². The first-order valence-electron chi connectivity index (χ1n) is 7.95. The van der Waals surface area contributed by atoms with Crippen LogP contribution in [0.5, 0.6) is 5.75 Å². The minimum Gasteiger partial charge on any atom is -0.444 e. The molecule has 0 atom stereocenters. The van der Waals surface area contributed by atoms with Crippen molar-refractivity contribution in [3.05, 3.63) is 29.8 Å². The zero-order valence-electron chi connectivity index (χ0n) is 14.4. The van der Waals surface area contributed by atoms with Crippen LogP contribution in [0.4, 0.5) is 18.0 Å². The summed E-state index contributed by atoms with van der Waals surface area (Å²) >= 11 is 0. The summed E-state index contributed by atoms with van der Waals surface area (Å²) in [6.45, 7) is 5.92. The molecule has 0 unspecified atom stereocenters. The Morgan fingerprint density at radius 1 is 1.12 bits per heavy atom. The SMILES string of the molecule is CC(C)(C)OC(=O)N1CCC(O)(c2ccc(OC(F)(F)F)cc2)CC1. The molecule has 2 rings (SSSR count). The van der Waals surface area contributed by atoms with Crippen LogP contribution in [0.1, 0.15) is 39.2 Å². The number of benzene rings is 1. The Labute approximate surface area is 144 Å². The molecule has 0 aliphatic carbocycles. The van der Waals surface area contributed by atoms with E-state index in [0.717, 1.165) is 0 Å². The Balaban J connectivity index is 1.99. The van der Waals surface area contributed by atoms with E-state index < -0.39 is 23.7 Å². The summed E-state index contributed by atoms with van der Waals surface area (Å²) in [7, 11) is 0. The maximum atomic E-state index is 12.2. The summed E-state index contributed by atoms with van der Waals surface area (Å²) in [4.78, 5) is 13.6. The van der Waals surface area contributed by atoms with E-state index in [0.29, 0.717) is 18.7 Å². The minimum atomic E-state index is -4.75. The summed E-state index contributed by atoms with van der Waals surface area (Å²) in [6.07, 6.45) is -4.65. The predicted octanol–water partition coefficient (Wildman–Crippen LogP) is 3.80. The van der Waals surface area contributed by atoms with Gasteiger partial charge >= 0.3 is 12.5 Å². The van der Waals surface area contributed by atoms with Crippen LogP contribution < -0.4 is 4.74 Å². The fourth-order valence-corrected chi connectivity index (χ4v) is 2.64. The maximum Gasteiger partial charge on any atom is 0.573 e. The van der Waals surface area contributed by atoms with Crippen molar-refractivity contribution in [1.82, 2.24) is 4.90 Å². The van der Waals surface area contributed by atoms with Crippen LogP contribution in [0, 0.1) is 0 Å². The largest absolute Gasteiger partial charge is 0.573 e. The van der Waals surface area contributed by atoms with Gasteiger partial charge in [0.15, 0.2) is 0 Å². The van der Waals surface area contributed by atoms with Gasteiger partial charge in [-0.3, -0.25) is 0 Å². The first-order valence-corrected chi connectivity index (χ1v) is 7.95. The molecule has 1 N–H and O–H groups in total. The van der Waals surface area contributed by atoms with Gasteiger partial charge in [0.1, 0.15) is 11.4 Å². The Morgan fingerprint density at radius 2 is 1.64 bits per heavy atom. The van der Waals surface area contributed by atoms with E-state index in [2.05, 4.69) is 4.74 Å². The molecule has 0 spiro atoms. The van der Waals surface area contributed by atoms with E-state index in [4.69, 9.17) is 4.74 Å². The van der Waals surface area contributed by atoms with Crippen LogP contribution in [-0.2, 0) is 10.3 Å². The van der Waals surface area contributed by atoms with E-state index in [-0.39, 0.29) is 18.6 Å². The van der Waals surface area contributed by atoms with Gasteiger partial charge in [-0.1, -0.05) is 12.1 Å². The first-order chi connectivity index (χ1) is 11.4. The third-order valence-electron chi connectivity index (χ3n) is 3.87. The van der Waals surface area contributed by atoms with Crippen molar-refractivity contribution in [3.8, 4) is 5.75 Å². The summed E-state index contributed by atoms with van der Waals surface area (Å²) < 4.78 is 45.7. The van der Waals surface area contributed by atoms with Crippen LogP contribution in [0.15, 0.2) is 24.3 Å². The Kier molecular flexibility index (Phi) is 5.22. The van der Waals surface area contributed by atoms with Gasteiger partial charge in [-0.05, 0) is 51.3 Å². The van der Waals surface area contributed by atoms with Crippen LogP contribution in [0.25, 0.3) is 0 Å². The molecule has 1 amide bonds. The standard InChI is InChI=1S/C17H22F3NO4/c1-15(2,3)25-14(22)21-10-8-16(23,9-11-21)12-4-6-13(7-5-12)24-17(18,19)20/h4-7,23H,8-11H2,1-3H3. The number of piperidine rings is 1. The van der Waals surface area contributed by atoms with Crippen molar-refractivity contribution in [2.45, 2.75) is 51.2 Å². The summed E-state index contributed by atoms with van der Waals surface area (Å²) in [5.41, 5.74) is -1.31. The topological polar surface area (TPSA) is 59.0 Å². The zero-order valence-corrected chi connectivity index (χ0v) is 14.4. The molecule has 1 heterocycles. The number of hydrogen-bond donors (Lipinski definition) is 1. The third-order valence-corrected chi connectivity index (χ3v) is 3.87. The van der Waals surface area contributed by atoms with E-state index in [9.17, 15) is 23.1 Å². The molecule has 8 heteroatoms. The van der Waals surface area contributed by atoms with Gasteiger partial charge in [-0.2, -0.15) is 0 Å².